The zero-order chi connectivity index (χ0) is 19.1. The minimum Gasteiger partial charge on any atom is -0.496 e. The van der Waals surface area contributed by atoms with Gasteiger partial charge in [0.05, 0.1) is 7.11 Å². The van der Waals surface area contributed by atoms with E-state index in [1.54, 1.807) is 11.8 Å². The molecule has 3 aromatic rings. The first kappa shape index (κ1) is 16.7. The first-order valence-corrected chi connectivity index (χ1v) is 9.37. The van der Waals surface area contributed by atoms with Gasteiger partial charge < -0.3 is 10.1 Å². The molecular weight excluding hydrogens is 352 g/mol. The lowest BCUT2D eigenvalue weighted by Crippen LogP contribution is -2.33. The fourth-order valence-corrected chi connectivity index (χ4v) is 4.29. The summed E-state index contributed by atoms with van der Waals surface area (Å²) in [4.78, 5) is 17.7. The average Bonchev–Trinajstić information content (AvgIpc) is 3.21. The van der Waals surface area contributed by atoms with E-state index in [0.29, 0.717) is 12.4 Å². The summed E-state index contributed by atoms with van der Waals surface area (Å²) in [5.74, 6) is 1.68. The lowest BCUT2D eigenvalue weighted by atomic mass is 9.78. The van der Waals surface area contributed by atoms with Gasteiger partial charge in [-0.3, -0.25) is 4.79 Å². The summed E-state index contributed by atoms with van der Waals surface area (Å²) >= 11 is 0. The molecule has 6 heteroatoms. The summed E-state index contributed by atoms with van der Waals surface area (Å²) < 4.78 is 7.35. The molecule has 1 N–H and O–H groups in total. The van der Waals surface area contributed by atoms with E-state index in [1.165, 1.54) is 11.9 Å². The van der Waals surface area contributed by atoms with Gasteiger partial charge >= 0.3 is 0 Å². The fourth-order valence-electron chi connectivity index (χ4n) is 4.29. The summed E-state index contributed by atoms with van der Waals surface area (Å²) in [5.41, 5.74) is 3.79. The van der Waals surface area contributed by atoms with Crippen molar-refractivity contribution in [2.75, 3.05) is 12.4 Å². The van der Waals surface area contributed by atoms with Crippen LogP contribution in [0.3, 0.4) is 0 Å². The monoisotopic (exact) mass is 372 g/mol. The molecule has 140 valence electrons. The molecule has 0 unspecified atom stereocenters. The van der Waals surface area contributed by atoms with Crippen molar-refractivity contribution in [2.24, 2.45) is 0 Å². The molecule has 1 aliphatic carbocycles. The second-order valence-corrected chi connectivity index (χ2v) is 7.13. The normalized spacial score (nSPS) is 21.0. The van der Waals surface area contributed by atoms with Gasteiger partial charge in [-0.05, 0) is 24.0 Å². The maximum absolute atomic E-state index is 13.3. The van der Waals surface area contributed by atoms with Crippen LogP contribution in [0.15, 0.2) is 72.2 Å². The van der Waals surface area contributed by atoms with E-state index in [-0.39, 0.29) is 17.7 Å². The minimum atomic E-state index is -0.339. The molecule has 0 bridgehead atoms. The highest BCUT2D eigenvalue weighted by molar-refractivity contribution is 6.00. The van der Waals surface area contributed by atoms with Gasteiger partial charge in [0.1, 0.15) is 18.1 Å². The highest BCUT2D eigenvalue weighted by Crippen LogP contribution is 2.45. The number of hydrogen-bond acceptors (Lipinski definition) is 5. The number of ketones is 1. The molecular formula is C22H20N4O2. The molecule has 6 nitrogen and oxygen atoms in total. The molecule has 2 aliphatic rings. The van der Waals surface area contributed by atoms with Crippen LogP contribution in [0.2, 0.25) is 0 Å². The van der Waals surface area contributed by atoms with Gasteiger partial charge in [0.25, 0.3) is 0 Å². The van der Waals surface area contributed by atoms with Crippen LogP contribution in [0.5, 0.6) is 5.75 Å². The van der Waals surface area contributed by atoms with Crippen LogP contribution < -0.4 is 10.1 Å². The average molecular weight is 372 g/mol. The maximum Gasteiger partial charge on any atom is 0.226 e. The number of carbonyl (C=O) groups is 1. The molecule has 28 heavy (non-hydrogen) atoms. The molecule has 0 radical (unpaired) electrons. The summed E-state index contributed by atoms with van der Waals surface area (Å²) in [6.45, 7) is 0. The molecule has 1 aliphatic heterocycles. The van der Waals surface area contributed by atoms with E-state index < -0.39 is 0 Å². The van der Waals surface area contributed by atoms with Gasteiger partial charge in [0.15, 0.2) is 5.78 Å². The van der Waals surface area contributed by atoms with Crippen molar-refractivity contribution in [3.8, 4) is 5.75 Å². The van der Waals surface area contributed by atoms with Crippen LogP contribution in [0.1, 0.15) is 35.9 Å². The number of fused-ring (bicyclic) bond motifs is 1. The van der Waals surface area contributed by atoms with Gasteiger partial charge in [-0.2, -0.15) is 10.1 Å². The zero-order valence-electron chi connectivity index (χ0n) is 15.5. The number of ether oxygens (including phenoxy) is 1. The third kappa shape index (κ3) is 2.60. The molecule has 1 aromatic heterocycles. The number of para-hydroxylation sites is 1. The first-order chi connectivity index (χ1) is 13.8. The predicted molar refractivity (Wildman–Crippen MR) is 105 cm³/mol. The Morgan fingerprint density at radius 1 is 1.07 bits per heavy atom. The van der Waals surface area contributed by atoms with Crippen LogP contribution in [0.25, 0.3) is 0 Å². The smallest absolute Gasteiger partial charge is 0.226 e. The van der Waals surface area contributed by atoms with E-state index in [2.05, 4.69) is 27.5 Å². The largest absolute Gasteiger partial charge is 0.496 e. The Balaban J connectivity index is 1.63. The van der Waals surface area contributed by atoms with Crippen molar-refractivity contribution in [1.82, 2.24) is 14.8 Å². The quantitative estimate of drug-likeness (QED) is 0.759. The highest BCUT2D eigenvalue weighted by atomic mass is 16.5. The molecule has 2 atom stereocenters. The van der Waals surface area contributed by atoms with E-state index in [1.807, 2.05) is 42.5 Å². The Morgan fingerprint density at radius 3 is 2.68 bits per heavy atom. The molecule has 0 spiro atoms. The fraction of sp³-hybridized carbons (Fsp3) is 0.227. The second-order valence-electron chi connectivity index (χ2n) is 7.13. The maximum atomic E-state index is 13.3. The van der Waals surface area contributed by atoms with E-state index in [4.69, 9.17) is 4.74 Å². The Hall–Kier alpha value is -3.41. The van der Waals surface area contributed by atoms with Gasteiger partial charge in [-0.1, -0.05) is 48.5 Å². The van der Waals surface area contributed by atoms with Crippen LogP contribution >= 0.6 is 0 Å². The minimum absolute atomic E-state index is 0.139. The molecule has 0 saturated carbocycles. The van der Waals surface area contributed by atoms with Crippen molar-refractivity contribution < 1.29 is 9.53 Å². The number of nitrogens with zero attached hydrogens (tertiary/aromatic N) is 3. The lowest BCUT2D eigenvalue weighted by molar-refractivity contribution is -0.116. The Morgan fingerprint density at radius 2 is 1.86 bits per heavy atom. The summed E-state index contributed by atoms with van der Waals surface area (Å²) in [6.07, 6.45) is 2.77. The number of carbonyl (C=O) groups excluding carboxylic acids is 1. The van der Waals surface area contributed by atoms with Gasteiger partial charge in [-0.15, -0.1) is 0 Å². The van der Waals surface area contributed by atoms with Gasteiger partial charge in [0, 0.05) is 23.3 Å². The third-order valence-corrected chi connectivity index (χ3v) is 5.57. The standard InChI is InChI=1S/C22H20N4O2/c1-28-19-10-6-5-9-16(19)21-20-17(25-22-23-13-24-26(21)22)11-15(12-18(20)27)14-7-3-2-4-8-14/h2-10,13,15,21H,11-12H2,1H3,(H,23,24,25)/t15-,21-/m0/s1. The number of rotatable bonds is 3. The van der Waals surface area contributed by atoms with Gasteiger partial charge in [-0.25, -0.2) is 4.68 Å². The van der Waals surface area contributed by atoms with Crippen molar-refractivity contribution in [3.63, 3.8) is 0 Å². The van der Waals surface area contributed by atoms with Crippen LogP contribution in [0.4, 0.5) is 5.95 Å². The summed E-state index contributed by atoms with van der Waals surface area (Å²) in [6, 6.07) is 17.7. The SMILES string of the molecule is COc1ccccc1[C@H]1C2=C(C[C@H](c3ccccc3)CC2=O)Nc2ncnn21. The number of methoxy groups -OCH3 is 1. The highest BCUT2D eigenvalue weighted by Gasteiger charge is 2.40. The predicted octanol–water partition coefficient (Wildman–Crippen LogP) is 3.70. The van der Waals surface area contributed by atoms with Gasteiger partial charge in [0.2, 0.25) is 5.95 Å². The number of anilines is 1. The Bertz CT molecular complexity index is 1070. The molecule has 2 heterocycles. The van der Waals surface area contributed by atoms with E-state index >= 15 is 0 Å². The second kappa shape index (κ2) is 6.64. The number of nitrogens with one attached hydrogen (secondary N) is 1. The van der Waals surface area contributed by atoms with Crippen LogP contribution in [0, 0.1) is 0 Å². The zero-order valence-corrected chi connectivity index (χ0v) is 15.5. The number of aromatic nitrogens is 3. The number of hydrogen-bond donors (Lipinski definition) is 1. The van der Waals surface area contributed by atoms with Crippen LogP contribution in [-0.4, -0.2) is 27.7 Å². The third-order valence-electron chi connectivity index (χ3n) is 5.57. The molecule has 0 saturated heterocycles. The molecule has 2 aromatic carbocycles. The first-order valence-electron chi connectivity index (χ1n) is 9.37. The summed E-state index contributed by atoms with van der Waals surface area (Å²) in [5, 5.41) is 7.75. The lowest BCUT2D eigenvalue weighted by Gasteiger charge is -2.35. The number of allylic oxidation sites excluding steroid dienone is 2. The topological polar surface area (TPSA) is 69.0 Å². The van der Waals surface area contributed by atoms with Crippen molar-refractivity contribution in [2.45, 2.75) is 24.8 Å². The van der Waals surface area contributed by atoms with E-state index in [0.717, 1.165) is 29.0 Å². The Labute approximate surface area is 162 Å². The van der Waals surface area contributed by atoms with Crippen molar-refractivity contribution >= 4 is 11.7 Å². The Kier molecular flexibility index (Phi) is 3.97. The number of Topliss-reactive ketones (excluding diaryl/α,β-unsaturated/α-hetero) is 1. The molecule has 5 rings (SSSR count). The molecule has 0 fully saturated rings. The van der Waals surface area contributed by atoms with Crippen LogP contribution in [-0.2, 0) is 4.79 Å². The van der Waals surface area contributed by atoms with Crippen molar-refractivity contribution in [3.05, 3.63) is 83.3 Å². The van der Waals surface area contributed by atoms with Crippen molar-refractivity contribution in [1.29, 1.82) is 0 Å². The summed E-state index contributed by atoms with van der Waals surface area (Å²) in [7, 11) is 1.64. The molecule has 0 amide bonds. The number of benzene rings is 2. The van der Waals surface area contributed by atoms with E-state index in [9.17, 15) is 4.79 Å².